The highest BCUT2D eigenvalue weighted by molar-refractivity contribution is 9.00. The molecule has 2 fully saturated rings. The van der Waals surface area contributed by atoms with Crippen molar-refractivity contribution in [3.8, 4) is 0 Å². The van der Waals surface area contributed by atoms with Crippen LogP contribution in [-0.4, -0.2) is 43.8 Å². The Morgan fingerprint density at radius 2 is 2.07 bits per heavy atom. The molecule has 0 radical (unpaired) electrons. The number of halogens is 1. The summed E-state index contributed by atoms with van der Waals surface area (Å²) in [4.78, 5) is 0. The van der Waals surface area contributed by atoms with E-state index in [9.17, 15) is 4.39 Å². The van der Waals surface area contributed by atoms with Crippen molar-refractivity contribution in [1.29, 1.82) is 0 Å². The van der Waals surface area contributed by atoms with Crippen LogP contribution in [0.3, 0.4) is 0 Å². The fourth-order valence-corrected chi connectivity index (χ4v) is 9.59. The maximum absolute atomic E-state index is 13.8. The van der Waals surface area contributed by atoms with Crippen LogP contribution in [0.15, 0.2) is 0 Å². The molecule has 0 amide bonds. The number of rotatable bonds is 0. The summed E-state index contributed by atoms with van der Waals surface area (Å²) in [5.74, 6) is 1.75. The van der Waals surface area contributed by atoms with Gasteiger partial charge in [0.2, 0.25) is 0 Å². The maximum atomic E-state index is 13.8. The van der Waals surface area contributed by atoms with Gasteiger partial charge in [-0.3, -0.25) is 0 Å². The van der Waals surface area contributed by atoms with Gasteiger partial charge in [0.15, 0.2) is 0 Å². The molecule has 0 N–H and O–H groups in total. The second-order valence-electron chi connectivity index (χ2n) is 4.44. The molecule has 0 aromatic carbocycles. The van der Waals surface area contributed by atoms with Gasteiger partial charge in [0.05, 0.1) is 16.0 Å². The molecule has 1 spiro atoms. The predicted octanol–water partition coefficient (Wildman–Crippen LogP) is 2.11. The van der Waals surface area contributed by atoms with Crippen LogP contribution in [0.2, 0.25) is 0 Å². The van der Waals surface area contributed by atoms with E-state index < -0.39 is 10.6 Å². The van der Waals surface area contributed by atoms with Crippen LogP contribution >= 0.6 is 27.2 Å². The molecule has 0 aromatic rings. The van der Waals surface area contributed by atoms with Crippen molar-refractivity contribution >= 4 is 46.9 Å². The molecule has 0 saturated carbocycles. The van der Waals surface area contributed by atoms with Crippen LogP contribution in [-0.2, 0) is 16.5 Å². The Labute approximate surface area is 105 Å². The van der Waals surface area contributed by atoms with Gasteiger partial charge in [-0.2, -0.15) is 0 Å². The summed E-state index contributed by atoms with van der Waals surface area (Å²) < 4.78 is 18.4. The van der Waals surface area contributed by atoms with Crippen molar-refractivity contribution in [2.24, 2.45) is 5.92 Å². The zero-order valence-electron chi connectivity index (χ0n) is 9.10. The van der Waals surface area contributed by atoms with E-state index in [0.717, 1.165) is 11.5 Å². The zero-order chi connectivity index (χ0) is 11.3. The average Bonchev–Trinajstić information content (AvgIpc) is 2.38. The summed E-state index contributed by atoms with van der Waals surface area (Å²) in [5, 5.41) is 0. The summed E-state index contributed by atoms with van der Waals surface area (Å²) in [6.45, 7) is 4.13. The molecular weight excluding hydrogens is 269 g/mol. The van der Waals surface area contributed by atoms with Gasteiger partial charge in [0, 0.05) is 17.4 Å². The summed E-state index contributed by atoms with van der Waals surface area (Å²) in [6.07, 6.45) is -0.820. The van der Waals surface area contributed by atoms with Crippen LogP contribution in [0.5, 0.6) is 0 Å². The molecule has 1 unspecified atom stereocenters. The normalized spacial score (nSPS) is 56.1. The molecule has 2 rings (SSSR count). The topological polar surface area (TPSA) is 9.23 Å². The van der Waals surface area contributed by atoms with E-state index in [4.69, 9.17) is 16.5 Å². The van der Waals surface area contributed by atoms with E-state index in [1.165, 1.54) is 0 Å². The van der Waals surface area contributed by atoms with E-state index >= 15 is 0 Å². The van der Waals surface area contributed by atoms with Crippen molar-refractivity contribution in [2.75, 3.05) is 18.2 Å². The first kappa shape index (κ1) is 12.8. The van der Waals surface area contributed by atoms with Crippen molar-refractivity contribution in [3.63, 3.8) is 0 Å². The SMILES string of the molecule is B[C@@H]1OC2(CSP(C)(=S)SC2)C(C)[C@@H]1F. The molecule has 2 heterocycles. The Hall–Kier alpha value is 1.30. The Bertz CT molecular complexity index is 304. The summed E-state index contributed by atoms with van der Waals surface area (Å²) >= 11 is 9.14. The zero-order valence-corrected chi connectivity index (χ0v) is 12.4. The van der Waals surface area contributed by atoms with Crippen LogP contribution in [0, 0.1) is 5.92 Å². The Morgan fingerprint density at radius 1 is 1.53 bits per heavy atom. The molecule has 2 aliphatic rings. The fourth-order valence-electron chi connectivity index (χ4n) is 2.10. The average molecular weight is 284 g/mol. The highest BCUT2D eigenvalue weighted by atomic mass is 33.2. The first-order chi connectivity index (χ1) is 6.86. The molecule has 1 nitrogen and oxygen atoms in total. The van der Waals surface area contributed by atoms with Crippen molar-refractivity contribution in [3.05, 3.63) is 0 Å². The smallest absolute Gasteiger partial charge is 0.143 e. The minimum absolute atomic E-state index is 0.00259. The quantitative estimate of drug-likeness (QED) is 0.497. The molecule has 0 aromatic heterocycles. The van der Waals surface area contributed by atoms with Gasteiger partial charge < -0.3 is 4.74 Å². The second kappa shape index (κ2) is 4.20. The lowest BCUT2D eigenvalue weighted by Crippen LogP contribution is -2.42. The van der Waals surface area contributed by atoms with Gasteiger partial charge in [-0.1, -0.05) is 18.7 Å². The van der Waals surface area contributed by atoms with E-state index in [2.05, 4.69) is 6.66 Å². The molecule has 15 heavy (non-hydrogen) atoms. The lowest BCUT2D eigenvalue weighted by Gasteiger charge is -2.39. The maximum Gasteiger partial charge on any atom is 0.143 e. The third-order valence-electron chi connectivity index (χ3n) is 3.26. The minimum Gasteiger partial charge on any atom is -0.376 e. The van der Waals surface area contributed by atoms with E-state index in [1.807, 2.05) is 37.5 Å². The number of ether oxygens (including phenoxy) is 1. The van der Waals surface area contributed by atoms with Gasteiger partial charge >= 0.3 is 0 Å². The monoisotopic (exact) mass is 284 g/mol. The largest absolute Gasteiger partial charge is 0.376 e. The highest BCUT2D eigenvalue weighted by Gasteiger charge is 2.53. The molecule has 86 valence electrons. The molecule has 2 aliphatic heterocycles. The van der Waals surface area contributed by atoms with E-state index in [-0.39, 0.29) is 17.5 Å². The molecule has 0 bridgehead atoms. The van der Waals surface area contributed by atoms with Crippen molar-refractivity contribution < 1.29 is 9.13 Å². The fraction of sp³-hybridized carbons (Fsp3) is 1.00. The van der Waals surface area contributed by atoms with E-state index in [0.29, 0.717) is 0 Å². The lowest BCUT2D eigenvalue weighted by atomic mass is 9.85. The molecule has 2 saturated heterocycles. The van der Waals surface area contributed by atoms with Crippen LogP contribution < -0.4 is 0 Å². The standard InChI is InChI=1S/C8H15BFOPS3/c1-5-6(10)7(9)11-8(5)3-14-12(2,13)15-4-8/h5-7H,3-4,9H2,1-2H3/t5?,6-,7+,8?,12?/m0/s1. The molecule has 0 aliphatic carbocycles. The third-order valence-corrected chi connectivity index (χ3v) is 12.8. The number of alkyl halides is 1. The molecular formula is C8H15BFOPS3. The lowest BCUT2D eigenvalue weighted by molar-refractivity contribution is 0.00730. The highest BCUT2D eigenvalue weighted by Crippen LogP contribution is 2.72. The van der Waals surface area contributed by atoms with Gasteiger partial charge in [0.25, 0.3) is 0 Å². The number of hydrogen-bond donors (Lipinski definition) is 0. The Morgan fingerprint density at radius 3 is 2.47 bits per heavy atom. The van der Waals surface area contributed by atoms with Crippen LogP contribution in [0.1, 0.15) is 6.92 Å². The second-order valence-corrected chi connectivity index (χ2v) is 17.3. The van der Waals surface area contributed by atoms with E-state index in [1.54, 1.807) is 0 Å². The molecule has 7 heteroatoms. The molecule has 3 atom stereocenters. The predicted molar refractivity (Wildman–Crippen MR) is 75.3 cm³/mol. The Kier molecular flexibility index (Phi) is 3.57. The Balaban J connectivity index is 2.14. The first-order valence-electron chi connectivity index (χ1n) is 5.05. The third kappa shape index (κ3) is 2.30. The minimum atomic E-state index is -1.27. The van der Waals surface area contributed by atoms with Crippen molar-refractivity contribution in [2.45, 2.75) is 24.7 Å². The summed E-state index contributed by atoms with van der Waals surface area (Å²) in [7, 11) is 1.84. The van der Waals surface area contributed by atoms with Crippen LogP contribution in [0.25, 0.3) is 0 Å². The van der Waals surface area contributed by atoms with Gasteiger partial charge in [-0.05, 0) is 6.66 Å². The van der Waals surface area contributed by atoms with Gasteiger partial charge in [-0.15, -0.1) is 22.8 Å². The van der Waals surface area contributed by atoms with Gasteiger partial charge in [0.1, 0.15) is 14.0 Å². The van der Waals surface area contributed by atoms with Gasteiger partial charge in [-0.25, -0.2) is 4.39 Å². The summed E-state index contributed by atoms with van der Waals surface area (Å²) in [5.41, 5.74) is -0.257. The van der Waals surface area contributed by atoms with Crippen molar-refractivity contribution in [1.82, 2.24) is 0 Å². The number of hydrogen-bond acceptors (Lipinski definition) is 4. The van der Waals surface area contributed by atoms with Crippen LogP contribution in [0.4, 0.5) is 4.39 Å². The first-order valence-corrected chi connectivity index (χ1v) is 11.5. The summed E-state index contributed by atoms with van der Waals surface area (Å²) in [6, 6.07) is -0.256.